The number of esters is 1. The van der Waals surface area contributed by atoms with Gasteiger partial charge in [0.25, 0.3) is 0 Å². The number of unbranched alkanes of at least 4 members (excludes halogenated alkanes) is 1. The predicted octanol–water partition coefficient (Wildman–Crippen LogP) is 3.85. The average molecular weight is 406 g/mol. The highest BCUT2D eigenvalue weighted by molar-refractivity contribution is 5.89. The molecule has 158 valence electrons. The van der Waals surface area contributed by atoms with Gasteiger partial charge in [-0.15, -0.1) is 0 Å². The highest BCUT2D eigenvalue weighted by Crippen LogP contribution is 2.33. The molecule has 0 aliphatic carbocycles. The number of halogens is 3. The molecule has 1 amide bonds. The molecule has 0 aliphatic heterocycles. The lowest BCUT2D eigenvalue weighted by Gasteiger charge is -2.34. The molecule has 0 aliphatic rings. The van der Waals surface area contributed by atoms with Crippen molar-refractivity contribution in [2.75, 3.05) is 25.1 Å². The summed E-state index contributed by atoms with van der Waals surface area (Å²) in [6.07, 6.45) is -4.86. The van der Waals surface area contributed by atoms with Gasteiger partial charge < -0.3 is 19.5 Å². The highest BCUT2D eigenvalue weighted by atomic mass is 19.4. The van der Waals surface area contributed by atoms with Crippen LogP contribution in [0.1, 0.15) is 33.6 Å². The van der Waals surface area contributed by atoms with Gasteiger partial charge in [-0.3, -0.25) is 5.32 Å². The van der Waals surface area contributed by atoms with E-state index in [0.717, 1.165) is 12.8 Å². The molecular formula is C18H25F3N2O5. The number of alkyl halides is 3. The summed E-state index contributed by atoms with van der Waals surface area (Å²) in [6.45, 7) is 4.76. The van der Waals surface area contributed by atoms with E-state index in [1.807, 2.05) is 12.2 Å². The van der Waals surface area contributed by atoms with Crippen LogP contribution in [0, 0.1) is 0 Å². The number of anilines is 1. The van der Waals surface area contributed by atoms with Crippen LogP contribution in [0.5, 0.6) is 5.75 Å². The largest absolute Gasteiger partial charge is 0.494 e. The summed E-state index contributed by atoms with van der Waals surface area (Å²) in [5.41, 5.74) is -3.59. The van der Waals surface area contributed by atoms with Crippen LogP contribution in [0.3, 0.4) is 0 Å². The van der Waals surface area contributed by atoms with Gasteiger partial charge in [-0.1, -0.05) is 13.3 Å². The summed E-state index contributed by atoms with van der Waals surface area (Å²) >= 11 is 0. The minimum atomic E-state index is -5.22. The molecular weight excluding hydrogens is 381 g/mol. The van der Waals surface area contributed by atoms with E-state index in [9.17, 15) is 22.8 Å². The Morgan fingerprint density at radius 1 is 1.00 bits per heavy atom. The summed E-state index contributed by atoms with van der Waals surface area (Å²) in [7, 11) is 0. The van der Waals surface area contributed by atoms with Gasteiger partial charge in [0.05, 0.1) is 19.8 Å². The molecule has 1 unspecified atom stereocenters. The van der Waals surface area contributed by atoms with Crippen molar-refractivity contribution in [3.05, 3.63) is 24.3 Å². The lowest BCUT2D eigenvalue weighted by atomic mass is 10.1. The van der Waals surface area contributed by atoms with E-state index in [1.165, 1.54) is 38.1 Å². The van der Waals surface area contributed by atoms with Crippen molar-refractivity contribution in [1.82, 2.24) is 5.32 Å². The zero-order chi connectivity index (χ0) is 21.2. The molecule has 0 bridgehead atoms. The summed E-state index contributed by atoms with van der Waals surface area (Å²) < 4.78 is 56.1. The first-order chi connectivity index (χ1) is 13.2. The molecule has 28 heavy (non-hydrogen) atoms. The number of hydrogen-bond donors (Lipinski definition) is 2. The van der Waals surface area contributed by atoms with Crippen molar-refractivity contribution in [3.8, 4) is 5.75 Å². The number of hydrogen-bond acceptors (Lipinski definition) is 6. The molecule has 1 atom stereocenters. The number of rotatable bonds is 10. The van der Waals surface area contributed by atoms with Crippen LogP contribution >= 0.6 is 0 Å². The van der Waals surface area contributed by atoms with Crippen molar-refractivity contribution in [3.63, 3.8) is 0 Å². The molecule has 1 aromatic carbocycles. The Morgan fingerprint density at radius 2 is 1.61 bits per heavy atom. The monoisotopic (exact) mass is 406 g/mol. The van der Waals surface area contributed by atoms with E-state index in [-0.39, 0.29) is 18.9 Å². The molecule has 0 spiro atoms. The summed E-state index contributed by atoms with van der Waals surface area (Å²) in [4.78, 5) is 23.9. The van der Waals surface area contributed by atoms with Gasteiger partial charge in [0, 0.05) is 5.69 Å². The molecule has 1 aromatic rings. The highest BCUT2D eigenvalue weighted by Gasteiger charge is 2.64. The number of ether oxygens (including phenoxy) is 3. The summed E-state index contributed by atoms with van der Waals surface area (Å²) in [5, 5.41) is 3.59. The number of carbonyl (C=O) groups is 2. The van der Waals surface area contributed by atoms with E-state index in [4.69, 9.17) is 4.74 Å². The third-order valence-electron chi connectivity index (χ3n) is 3.52. The maximum atomic E-state index is 13.9. The quantitative estimate of drug-likeness (QED) is 0.349. The zero-order valence-corrected chi connectivity index (χ0v) is 16.0. The van der Waals surface area contributed by atoms with Gasteiger partial charge in [0.15, 0.2) is 0 Å². The van der Waals surface area contributed by atoms with Crippen LogP contribution in [0.25, 0.3) is 0 Å². The fourth-order valence-electron chi connectivity index (χ4n) is 2.14. The van der Waals surface area contributed by atoms with E-state index < -0.39 is 23.9 Å². The van der Waals surface area contributed by atoms with Gasteiger partial charge in [-0.2, -0.15) is 13.2 Å². The first kappa shape index (κ1) is 23.4. The molecule has 2 N–H and O–H groups in total. The molecule has 0 heterocycles. The van der Waals surface area contributed by atoms with Crippen molar-refractivity contribution in [2.24, 2.45) is 0 Å². The minimum Gasteiger partial charge on any atom is -0.494 e. The van der Waals surface area contributed by atoms with E-state index in [0.29, 0.717) is 12.4 Å². The molecule has 0 saturated carbocycles. The Balaban J connectivity index is 3.16. The van der Waals surface area contributed by atoms with Crippen molar-refractivity contribution < 1.29 is 37.0 Å². The standard InChI is InChI=1S/C18H25F3N2O5/c1-4-7-12-28-14-10-8-13(9-11-14)22-17(18(19,20)21,15(24)26-5-2)23-16(25)27-6-3/h8-11,22H,4-7,12H2,1-3H3,(H,23,25). The van der Waals surface area contributed by atoms with Gasteiger partial charge in [-0.25, -0.2) is 9.59 Å². The topological polar surface area (TPSA) is 85.9 Å². The zero-order valence-electron chi connectivity index (χ0n) is 16.0. The summed E-state index contributed by atoms with van der Waals surface area (Å²) in [6, 6.07) is 5.50. The fraction of sp³-hybridized carbons (Fsp3) is 0.556. The number of nitrogens with one attached hydrogen (secondary N) is 2. The predicted molar refractivity (Wildman–Crippen MR) is 96.0 cm³/mol. The molecule has 0 fully saturated rings. The molecule has 7 nitrogen and oxygen atoms in total. The number of alkyl carbamates (subject to hydrolysis) is 1. The van der Waals surface area contributed by atoms with Crippen molar-refractivity contribution in [2.45, 2.75) is 45.5 Å². The van der Waals surface area contributed by atoms with Crippen molar-refractivity contribution >= 4 is 17.7 Å². The van der Waals surface area contributed by atoms with Gasteiger partial charge in [-0.05, 0) is 44.5 Å². The van der Waals surface area contributed by atoms with Crippen LogP contribution in [0.2, 0.25) is 0 Å². The Labute approximate surface area is 161 Å². The third-order valence-corrected chi connectivity index (χ3v) is 3.52. The first-order valence-electron chi connectivity index (χ1n) is 8.90. The second-order valence-corrected chi connectivity index (χ2v) is 5.67. The normalized spacial score (nSPS) is 13.2. The van der Waals surface area contributed by atoms with Crippen LogP contribution in [0.4, 0.5) is 23.7 Å². The molecule has 10 heteroatoms. The second kappa shape index (κ2) is 10.6. The molecule has 1 rings (SSSR count). The van der Waals surface area contributed by atoms with Crippen LogP contribution in [-0.2, 0) is 14.3 Å². The molecule has 0 aromatic heterocycles. The molecule has 0 saturated heterocycles. The molecule has 0 radical (unpaired) electrons. The third kappa shape index (κ3) is 6.21. The maximum absolute atomic E-state index is 13.9. The van der Waals surface area contributed by atoms with Gasteiger partial charge >= 0.3 is 23.9 Å². The Morgan fingerprint density at radius 3 is 2.11 bits per heavy atom. The smallest absolute Gasteiger partial charge is 0.442 e. The van der Waals surface area contributed by atoms with Crippen LogP contribution in [-0.4, -0.2) is 43.7 Å². The Kier molecular flexibility index (Phi) is 8.87. The number of benzene rings is 1. The van der Waals surface area contributed by atoms with E-state index in [1.54, 1.807) is 5.32 Å². The van der Waals surface area contributed by atoms with Crippen LogP contribution < -0.4 is 15.4 Å². The van der Waals surface area contributed by atoms with Gasteiger partial charge in [0.1, 0.15) is 5.75 Å². The Hall–Kier alpha value is -2.65. The maximum Gasteiger partial charge on any atom is 0.442 e. The van der Waals surface area contributed by atoms with Crippen LogP contribution in [0.15, 0.2) is 24.3 Å². The number of carbonyl (C=O) groups excluding carboxylic acids is 2. The fourth-order valence-corrected chi connectivity index (χ4v) is 2.14. The lowest BCUT2D eigenvalue weighted by molar-refractivity contribution is -0.205. The number of amides is 1. The minimum absolute atomic E-state index is 0.0787. The van der Waals surface area contributed by atoms with Crippen molar-refractivity contribution in [1.29, 1.82) is 0 Å². The van der Waals surface area contributed by atoms with E-state index in [2.05, 4.69) is 9.47 Å². The average Bonchev–Trinajstić information content (AvgIpc) is 2.62. The Bertz CT molecular complexity index is 637. The van der Waals surface area contributed by atoms with Gasteiger partial charge in [0.2, 0.25) is 0 Å². The first-order valence-corrected chi connectivity index (χ1v) is 8.90. The summed E-state index contributed by atoms with van der Waals surface area (Å²) in [5.74, 6) is -1.25. The second-order valence-electron chi connectivity index (χ2n) is 5.67. The SMILES string of the molecule is CCCCOc1ccc(NC(NC(=O)OCC)(C(=O)OCC)C(F)(F)F)cc1. The van der Waals surface area contributed by atoms with E-state index >= 15 is 0 Å². The lowest BCUT2D eigenvalue weighted by Crippen LogP contribution is -2.69.